The number of aromatic nitrogens is 3. The van der Waals surface area contributed by atoms with Crippen molar-refractivity contribution in [3.8, 4) is 5.82 Å². The van der Waals surface area contributed by atoms with Gasteiger partial charge in [-0.3, -0.25) is 4.79 Å². The molecule has 94 valence electrons. The number of ether oxygens (including phenoxy) is 1. The molecule has 0 atom stereocenters. The van der Waals surface area contributed by atoms with Crippen LogP contribution >= 0.6 is 0 Å². The Kier molecular flexibility index (Phi) is 4.03. The first-order valence-corrected chi connectivity index (χ1v) is 5.64. The van der Waals surface area contributed by atoms with Crippen LogP contribution in [0.3, 0.4) is 0 Å². The maximum atomic E-state index is 11.6. The van der Waals surface area contributed by atoms with Crippen LogP contribution < -0.4 is 5.32 Å². The van der Waals surface area contributed by atoms with Gasteiger partial charge >= 0.3 is 0 Å². The van der Waals surface area contributed by atoms with Crippen molar-refractivity contribution in [1.82, 2.24) is 14.8 Å². The van der Waals surface area contributed by atoms with Gasteiger partial charge in [0.15, 0.2) is 5.82 Å². The molecule has 0 unspecified atom stereocenters. The van der Waals surface area contributed by atoms with Crippen LogP contribution in [0, 0.1) is 0 Å². The zero-order valence-corrected chi connectivity index (χ0v) is 10.0. The molecular weight excluding hydrogens is 232 g/mol. The molecule has 0 aliphatic rings. The second-order valence-electron chi connectivity index (χ2n) is 3.51. The minimum atomic E-state index is -0.210. The number of pyridine rings is 1. The number of nitrogens with one attached hydrogen (secondary N) is 1. The highest BCUT2D eigenvalue weighted by molar-refractivity contribution is 5.93. The molecule has 0 fully saturated rings. The Morgan fingerprint density at radius 1 is 1.44 bits per heavy atom. The van der Waals surface area contributed by atoms with Crippen molar-refractivity contribution in [3.63, 3.8) is 0 Å². The molecule has 1 amide bonds. The van der Waals surface area contributed by atoms with Crippen LogP contribution in [0.15, 0.2) is 36.8 Å². The lowest BCUT2D eigenvalue weighted by atomic mass is 10.3. The molecule has 6 nitrogen and oxygen atoms in total. The largest absolute Gasteiger partial charge is 0.372 e. The Morgan fingerprint density at radius 3 is 3.06 bits per heavy atom. The summed E-state index contributed by atoms with van der Waals surface area (Å²) in [6.45, 7) is 2.38. The van der Waals surface area contributed by atoms with Crippen molar-refractivity contribution in [2.45, 2.75) is 6.92 Å². The fourth-order valence-corrected chi connectivity index (χ4v) is 1.45. The van der Waals surface area contributed by atoms with Gasteiger partial charge in [-0.15, -0.1) is 0 Å². The van der Waals surface area contributed by atoms with Gasteiger partial charge in [0.25, 0.3) is 0 Å². The van der Waals surface area contributed by atoms with Crippen LogP contribution in [-0.2, 0) is 9.53 Å². The monoisotopic (exact) mass is 246 g/mol. The van der Waals surface area contributed by atoms with Gasteiger partial charge in [-0.05, 0) is 25.1 Å². The summed E-state index contributed by atoms with van der Waals surface area (Å²) in [5.41, 5.74) is 0.603. The fourth-order valence-electron chi connectivity index (χ4n) is 1.45. The molecule has 2 heterocycles. The zero-order valence-electron chi connectivity index (χ0n) is 10.0. The van der Waals surface area contributed by atoms with Gasteiger partial charge in [0, 0.05) is 25.2 Å². The SMILES string of the molecule is CCOCC(=O)Nc1cccnc1-n1cccn1. The van der Waals surface area contributed by atoms with Crippen molar-refractivity contribution in [3.05, 3.63) is 36.8 Å². The minimum Gasteiger partial charge on any atom is -0.372 e. The molecule has 2 rings (SSSR count). The summed E-state index contributed by atoms with van der Waals surface area (Å²) >= 11 is 0. The second-order valence-corrected chi connectivity index (χ2v) is 3.51. The van der Waals surface area contributed by atoms with Crippen molar-refractivity contribution in [2.75, 3.05) is 18.5 Å². The average molecular weight is 246 g/mol. The van der Waals surface area contributed by atoms with Crippen LogP contribution in [0.25, 0.3) is 5.82 Å². The number of hydrogen-bond acceptors (Lipinski definition) is 4. The molecule has 18 heavy (non-hydrogen) atoms. The molecule has 0 aliphatic carbocycles. The number of nitrogens with zero attached hydrogens (tertiary/aromatic N) is 3. The topological polar surface area (TPSA) is 69.0 Å². The summed E-state index contributed by atoms with van der Waals surface area (Å²) < 4.78 is 6.64. The van der Waals surface area contributed by atoms with Crippen LogP contribution in [0.2, 0.25) is 0 Å². The van der Waals surface area contributed by atoms with Gasteiger partial charge in [0.2, 0.25) is 5.91 Å². The molecule has 1 N–H and O–H groups in total. The summed E-state index contributed by atoms with van der Waals surface area (Å²) in [6.07, 6.45) is 5.07. The van der Waals surface area contributed by atoms with Crippen LogP contribution in [0.4, 0.5) is 5.69 Å². The molecular formula is C12H14N4O2. The molecule has 2 aromatic heterocycles. The highest BCUT2D eigenvalue weighted by Crippen LogP contribution is 2.15. The maximum Gasteiger partial charge on any atom is 0.250 e. The van der Waals surface area contributed by atoms with E-state index in [0.29, 0.717) is 18.1 Å². The van der Waals surface area contributed by atoms with E-state index in [0.717, 1.165) is 0 Å². The molecule has 0 spiro atoms. The summed E-state index contributed by atoms with van der Waals surface area (Å²) in [4.78, 5) is 15.8. The Labute approximate surface area is 105 Å². The van der Waals surface area contributed by atoms with Gasteiger partial charge in [0.05, 0.1) is 5.69 Å². The number of amides is 1. The van der Waals surface area contributed by atoms with Crippen LogP contribution in [0.1, 0.15) is 6.92 Å². The highest BCUT2D eigenvalue weighted by atomic mass is 16.5. The fraction of sp³-hybridized carbons (Fsp3) is 0.250. The third-order valence-corrected chi connectivity index (χ3v) is 2.22. The van der Waals surface area contributed by atoms with E-state index in [2.05, 4.69) is 15.4 Å². The van der Waals surface area contributed by atoms with E-state index in [1.165, 1.54) is 0 Å². The lowest BCUT2D eigenvalue weighted by Crippen LogP contribution is -2.19. The first kappa shape index (κ1) is 12.3. The molecule has 0 radical (unpaired) electrons. The Morgan fingerprint density at radius 2 is 2.33 bits per heavy atom. The van der Waals surface area contributed by atoms with E-state index < -0.39 is 0 Å². The van der Waals surface area contributed by atoms with Gasteiger partial charge < -0.3 is 10.1 Å². The smallest absolute Gasteiger partial charge is 0.250 e. The second kappa shape index (κ2) is 5.92. The molecule has 0 aliphatic heterocycles. The normalized spacial score (nSPS) is 10.3. The van der Waals surface area contributed by atoms with E-state index >= 15 is 0 Å². The van der Waals surface area contributed by atoms with Gasteiger partial charge in [-0.2, -0.15) is 5.10 Å². The number of carbonyl (C=O) groups excluding carboxylic acids is 1. The Bertz CT molecular complexity index is 511. The Balaban J connectivity index is 2.16. The summed E-state index contributed by atoms with van der Waals surface area (Å²) in [5.74, 6) is 0.366. The lowest BCUT2D eigenvalue weighted by Gasteiger charge is -2.09. The quantitative estimate of drug-likeness (QED) is 0.861. The highest BCUT2D eigenvalue weighted by Gasteiger charge is 2.09. The van der Waals surface area contributed by atoms with Crippen LogP contribution in [0.5, 0.6) is 0 Å². The number of hydrogen-bond donors (Lipinski definition) is 1. The number of anilines is 1. The molecule has 6 heteroatoms. The zero-order chi connectivity index (χ0) is 12.8. The summed E-state index contributed by atoms with van der Waals surface area (Å²) in [5, 5.41) is 6.83. The summed E-state index contributed by atoms with van der Waals surface area (Å²) in [6, 6.07) is 5.32. The first-order chi connectivity index (χ1) is 8.81. The molecule has 0 saturated heterocycles. The molecule has 0 saturated carbocycles. The van der Waals surface area contributed by atoms with Gasteiger partial charge in [-0.1, -0.05) is 0 Å². The molecule has 2 aromatic rings. The van der Waals surface area contributed by atoms with E-state index in [-0.39, 0.29) is 12.5 Å². The predicted octanol–water partition coefficient (Wildman–Crippen LogP) is 1.24. The number of carbonyl (C=O) groups is 1. The van der Waals surface area contributed by atoms with Crippen molar-refractivity contribution >= 4 is 11.6 Å². The lowest BCUT2D eigenvalue weighted by molar-refractivity contribution is -0.120. The third-order valence-electron chi connectivity index (χ3n) is 2.22. The average Bonchev–Trinajstić information content (AvgIpc) is 2.91. The minimum absolute atomic E-state index is 0.0317. The van der Waals surface area contributed by atoms with Gasteiger partial charge in [0.1, 0.15) is 6.61 Å². The number of rotatable bonds is 5. The van der Waals surface area contributed by atoms with Crippen molar-refractivity contribution in [1.29, 1.82) is 0 Å². The third kappa shape index (κ3) is 2.92. The van der Waals surface area contributed by atoms with Crippen molar-refractivity contribution < 1.29 is 9.53 Å². The first-order valence-electron chi connectivity index (χ1n) is 5.64. The predicted molar refractivity (Wildman–Crippen MR) is 66.5 cm³/mol. The van der Waals surface area contributed by atoms with E-state index in [4.69, 9.17) is 4.74 Å². The Hall–Kier alpha value is -2.21. The molecule has 0 bridgehead atoms. The standard InChI is InChI=1S/C12H14N4O2/c1-2-18-9-11(17)15-10-5-3-6-13-12(10)16-8-4-7-14-16/h3-8H,2,9H2,1H3,(H,15,17). The molecule has 0 aromatic carbocycles. The van der Waals surface area contributed by atoms with Crippen LogP contribution in [-0.4, -0.2) is 33.9 Å². The maximum absolute atomic E-state index is 11.6. The van der Waals surface area contributed by atoms with E-state index in [1.54, 1.807) is 41.5 Å². The van der Waals surface area contributed by atoms with Crippen molar-refractivity contribution in [2.24, 2.45) is 0 Å². The van der Waals surface area contributed by atoms with E-state index in [9.17, 15) is 4.79 Å². The van der Waals surface area contributed by atoms with Gasteiger partial charge in [-0.25, -0.2) is 9.67 Å². The van der Waals surface area contributed by atoms with E-state index in [1.807, 2.05) is 6.92 Å². The summed E-state index contributed by atoms with van der Waals surface area (Å²) in [7, 11) is 0.